The number of imidazole rings is 1. The lowest BCUT2D eigenvalue weighted by Crippen LogP contribution is -2.38. The first-order valence-electron chi connectivity index (χ1n) is 11.3. The van der Waals surface area contributed by atoms with Crippen LogP contribution in [0.15, 0.2) is 67.1 Å². The molecule has 4 rings (SSSR count). The van der Waals surface area contributed by atoms with E-state index in [4.69, 9.17) is 0 Å². The SMILES string of the molecule is CCN1CCN(C(=O)c2cncn2CC)CC(Cc2ccc(-c3ccccc3)cc2)C1=O. The van der Waals surface area contributed by atoms with Crippen molar-refractivity contribution in [3.8, 4) is 11.1 Å². The van der Waals surface area contributed by atoms with Gasteiger partial charge >= 0.3 is 0 Å². The van der Waals surface area contributed by atoms with E-state index in [1.807, 2.05) is 46.4 Å². The average Bonchev–Trinajstić information content (AvgIpc) is 3.26. The van der Waals surface area contributed by atoms with Crippen LogP contribution in [-0.4, -0.2) is 57.3 Å². The minimum absolute atomic E-state index is 0.0560. The van der Waals surface area contributed by atoms with Crippen LogP contribution in [0, 0.1) is 5.92 Å². The summed E-state index contributed by atoms with van der Waals surface area (Å²) in [5, 5.41) is 0. The minimum atomic E-state index is -0.262. The summed E-state index contributed by atoms with van der Waals surface area (Å²) in [7, 11) is 0. The summed E-state index contributed by atoms with van der Waals surface area (Å²) < 4.78 is 1.85. The standard InChI is InChI=1S/C26H30N4O2/c1-3-28-14-15-30(26(32)24-17-27-19-29(24)4-2)18-23(25(28)31)16-20-10-12-22(13-11-20)21-8-6-5-7-9-21/h5-13,17,19,23H,3-4,14-16,18H2,1-2H3. The van der Waals surface area contributed by atoms with Gasteiger partial charge in [0.2, 0.25) is 5.91 Å². The molecule has 2 amide bonds. The molecule has 6 heteroatoms. The van der Waals surface area contributed by atoms with Crippen molar-refractivity contribution in [2.75, 3.05) is 26.2 Å². The lowest BCUT2D eigenvalue weighted by atomic mass is 9.95. The predicted octanol–water partition coefficient (Wildman–Crippen LogP) is 3.73. The third-order valence-electron chi connectivity index (χ3n) is 6.23. The first-order chi connectivity index (χ1) is 15.6. The fourth-order valence-electron chi connectivity index (χ4n) is 4.36. The molecule has 0 bridgehead atoms. The Labute approximate surface area is 189 Å². The molecule has 0 aliphatic carbocycles. The quantitative estimate of drug-likeness (QED) is 0.599. The zero-order chi connectivity index (χ0) is 22.5. The highest BCUT2D eigenvalue weighted by atomic mass is 16.2. The monoisotopic (exact) mass is 430 g/mol. The van der Waals surface area contributed by atoms with E-state index >= 15 is 0 Å². The number of amides is 2. The van der Waals surface area contributed by atoms with Crippen LogP contribution in [0.25, 0.3) is 11.1 Å². The molecule has 1 aromatic heterocycles. The maximum atomic E-state index is 13.2. The summed E-state index contributed by atoms with van der Waals surface area (Å²) in [6.07, 6.45) is 3.91. The molecular formula is C26H30N4O2. The normalized spacial score (nSPS) is 16.8. The maximum absolute atomic E-state index is 13.2. The molecule has 0 radical (unpaired) electrons. The number of carbonyl (C=O) groups is 2. The first-order valence-corrected chi connectivity index (χ1v) is 11.3. The molecule has 2 heterocycles. The van der Waals surface area contributed by atoms with Gasteiger partial charge in [0.05, 0.1) is 18.4 Å². The van der Waals surface area contributed by atoms with Crippen LogP contribution in [0.4, 0.5) is 0 Å². The molecule has 1 unspecified atom stereocenters. The van der Waals surface area contributed by atoms with Gasteiger partial charge in [-0.3, -0.25) is 9.59 Å². The smallest absolute Gasteiger partial charge is 0.272 e. The summed E-state index contributed by atoms with van der Waals surface area (Å²) in [5.41, 5.74) is 4.01. The predicted molar refractivity (Wildman–Crippen MR) is 125 cm³/mol. The van der Waals surface area contributed by atoms with Crippen LogP contribution in [0.3, 0.4) is 0 Å². The third-order valence-corrected chi connectivity index (χ3v) is 6.23. The number of aryl methyl sites for hydroxylation is 1. The van der Waals surface area contributed by atoms with Gasteiger partial charge in [0.1, 0.15) is 5.69 Å². The second kappa shape index (κ2) is 9.81. The van der Waals surface area contributed by atoms with E-state index < -0.39 is 0 Å². The lowest BCUT2D eigenvalue weighted by molar-refractivity contribution is -0.134. The summed E-state index contributed by atoms with van der Waals surface area (Å²) in [6, 6.07) is 18.6. The van der Waals surface area contributed by atoms with Crippen molar-refractivity contribution in [2.24, 2.45) is 5.92 Å². The highest BCUT2D eigenvalue weighted by Gasteiger charge is 2.32. The number of aromatic nitrogens is 2. The molecule has 1 fully saturated rings. The van der Waals surface area contributed by atoms with E-state index in [9.17, 15) is 9.59 Å². The van der Waals surface area contributed by atoms with Gasteiger partial charge in [0.25, 0.3) is 5.91 Å². The summed E-state index contributed by atoms with van der Waals surface area (Å²) in [6.45, 7) is 6.84. The Morgan fingerprint density at radius 2 is 1.69 bits per heavy atom. The Morgan fingerprint density at radius 1 is 0.969 bits per heavy atom. The Balaban J connectivity index is 1.54. The van der Waals surface area contributed by atoms with Crippen molar-refractivity contribution in [1.29, 1.82) is 0 Å². The van der Waals surface area contributed by atoms with Crippen LogP contribution in [0.2, 0.25) is 0 Å². The molecule has 32 heavy (non-hydrogen) atoms. The Bertz CT molecular complexity index is 1060. The molecule has 2 aromatic carbocycles. The van der Waals surface area contributed by atoms with Crippen LogP contribution in [0.1, 0.15) is 29.9 Å². The lowest BCUT2D eigenvalue weighted by Gasteiger charge is -2.24. The van der Waals surface area contributed by atoms with Gasteiger partial charge in [-0.1, -0.05) is 54.6 Å². The summed E-state index contributed by atoms with van der Waals surface area (Å²) >= 11 is 0. The van der Waals surface area contributed by atoms with Gasteiger partial charge in [-0.05, 0) is 37.0 Å². The summed E-state index contributed by atoms with van der Waals surface area (Å²) in [4.78, 5) is 34.3. The Hall–Kier alpha value is -3.41. The molecule has 1 atom stereocenters. The van der Waals surface area contributed by atoms with Crippen molar-refractivity contribution in [3.05, 3.63) is 78.4 Å². The fourth-order valence-corrected chi connectivity index (χ4v) is 4.36. The number of benzene rings is 2. The molecule has 0 spiro atoms. The fraction of sp³-hybridized carbons (Fsp3) is 0.346. The molecule has 1 aliphatic heterocycles. The molecule has 6 nitrogen and oxygen atoms in total. The van der Waals surface area contributed by atoms with E-state index in [1.165, 1.54) is 5.56 Å². The molecule has 0 saturated carbocycles. The highest BCUT2D eigenvalue weighted by molar-refractivity contribution is 5.93. The largest absolute Gasteiger partial charge is 0.341 e. The second-order valence-electron chi connectivity index (χ2n) is 8.20. The number of likely N-dealkylation sites (N-methyl/N-ethyl adjacent to an activating group) is 1. The van der Waals surface area contributed by atoms with Crippen molar-refractivity contribution < 1.29 is 9.59 Å². The Kier molecular flexibility index (Phi) is 6.69. The highest BCUT2D eigenvalue weighted by Crippen LogP contribution is 2.23. The molecule has 1 saturated heterocycles. The third kappa shape index (κ3) is 4.59. The minimum Gasteiger partial charge on any atom is -0.341 e. The molecule has 0 N–H and O–H groups in total. The van der Waals surface area contributed by atoms with Crippen molar-refractivity contribution in [1.82, 2.24) is 19.4 Å². The van der Waals surface area contributed by atoms with E-state index in [2.05, 4.69) is 41.4 Å². The van der Waals surface area contributed by atoms with E-state index in [1.54, 1.807) is 12.5 Å². The van der Waals surface area contributed by atoms with Crippen LogP contribution < -0.4 is 0 Å². The van der Waals surface area contributed by atoms with Crippen LogP contribution >= 0.6 is 0 Å². The average molecular weight is 431 g/mol. The summed E-state index contributed by atoms with van der Waals surface area (Å²) in [5.74, 6) is -0.194. The second-order valence-corrected chi connectivity index (χ2v) is 8.20. The topological polar surface area (TPSA) is 58.4 Å². The number of hydrogen-bond acceptors (Lipinski definition) is 3. The number of hydrogen-bond donors (Lipinski definition) is 0. The van der Waals surface area contributed by atoms with Gasteiger partial charge in [-0.15, -0.1) is 0 Å². The zero-order valence-electron chi connectivity index (χ0n) is 18.8. The first kappa shape index (κ1) is 21.8. The number of carbonyl (C=O) groups excluding carboxylic acids is 2. The van der Waals surface area contributed by atoms with Crippen molar-refractivity contribution >= 4 is 11.8 Å². The van der Waals surface area contributed by atoms with E-state index in [0.717, 1.165) is 11.1 Å². The Morgan fingerprint density at radius 3 is 2.38 bits per heavy atom. The van der Waals surface area contributed by atoms with E-state index in [0.29, 0.717) is 44.8 Å². The van der Waals surface area contributed by atoms with Crippen LogP contribution in [0.5, 0.6) is 0 Å². The molecular weight excluding hydrogens is 400 g/mol. The van der Waals surface area contributed by atoms with Gasteiger partial charge in [0.15, 0.2) is 0 Å². The van der Waals surface area contributed by atoms with Crippen molar-refractivity contribution in [3.63, 3.8) is 0 Å². The molecule has 3 aromatic rings. The van der Waals surface area contributed by atoms with Gasteiger partial charge in [-0.2, -0.15) is 0 Å². The zero-order valence-corrected chi connectivity index (χ0v) is 18.8. The van der Waals surface area contributed by atoms with Gasteiger partial charge in [-0.25, -0.2) is 4.98 Å². The van der Waals surface area contributed by atoms with E-state index in [-0.39, 0.29) is 17.7 Å². The molecule has 166 valence electrons. The number of nitrogens with zero attached hydrogens (tertiary/aromatic N) is 4. The van der Waals surface area contributed by atoms with Gasteiger partial charge in [0, 0.05) is 32.7 Å². The maximum Gasteiger partial charge on any atom is 0.272 e. The van der Waals surface area contributed by atoms with Gasteiger partial charge < -0.3 is 14.4 Å². The molecule has 1 aliphatic rings. The van der Waals surface area contributed by atoms with Crippen LogP contribution in [-0.2, 0) is 17.8 Å². The van der Waals surface area contributed by atoms with Crippen molar-refractivity contribution in [2.45, 2.75) is 26.8 Å². The number of rotatable bonds is 6.